The number of esters is 1. The van der Waals surface area contributed by atoms with Crippen LogP contribution in [0.4, 0.5) is 5.82 Å². The molecule has 26 heavy (non-hydrogen) atoms. The largest absolute Gasteiger partial charge is 0.451 e. The number of carbonyl (C=O) groups is 1. The van der Waals surface area contributed by atoms with Crippen molar-refractivity contribution in [2.24, 2.45) is 0 Å². The van der Waals surface area contributed by atoms with E-state index in [0.717, 1.165) is 37.3 Å². The van der Waals surface area contributed by atoms with Gasteiger partial charge < -0.3 is 14.2 Å². The molecular weight excluding hydrogens is 336 g/mol. The Morgan fingerprint density at radius 3 is 2.81 bits per heavy atom. The minimum Gasteiger partial charge on any atom is -0.451 e. The third kappa shape index (κ3) is 3.51. The molecule has 4 rings (SSSR count). The second-order valence-electron chi connectivity index (χ2n) is 5.80. The van der Waals surface area contributed by atoms with Crippen molar-refractivity contribution in [3.8, 4) is 11.4 Å². The zero-order chi connectivity index (χ0) is 17.8. The Balaban J connectivity index is 1.36. The van der Waals surface area contributed by atoms with Crippen LogP contribution in [0.2, 0.25) is 0 Å². The Labute approximate surface area is 149 Å². The van der Waals surface area contributed by atoms with Gasteiger partial charge in [0.15, 0.2) is 18.1 Å². The lowest BCUT2D eigenvalue weighted by Crippen LogP contribution is -2.20. The summed E-state index contributed by atoms with van der Waals surface area (Å²) in [6.45, 7) is 1.80. The molecule has 0 bridgehead atoms. The van der Waals surface area contributed by atoms with Crippen LogP contribution in [0.25, 0.3) is 11.4 Å². The first-order valence-corrected chi connectivity index (χ1v) is 8.28. The van der Waals surface area contributed by atoms with Gasteiger partial charge in [-0.1, -0.05) is 5.16 Å². The van der Waals surface area contributed by atoms with Gasteiger partial charge in [-0.15, -0.1) is 10.2 Å². The first kappa shape index (κ1) is 16.1. The maximum atomic E-state index is 12.1. The Bertz CT molecular complexity index is 875. The summed E-state index contributed by atoms with van der Waals surface area (Å²) >= 11 is 0. The molecule has 1 fully saturated rings. The molecule has 132 valence electrons. The van der Waals surface area contributed by atoms with Gasteiger partial charge >= 0.3 is 5.97 Å². The van der Waals surface area contributed by atoms with Crippen molar-refractivity contribution in [3.05, 3.63) is 48.2 Å². The molecule has 0 unspecified atom stereocenters. The number of anilines is 1. The van der Waals surface area contributed by atoms with Crippen molar-refractivity contribution in [2.75, 3.05) is 18.0 Å². The van der Waals surface area contributed by atoms with Crippen LogP contribution in [-0.2, 0) is 11.3 Å². The van der Waals surface area contributed by atoms with Crippen molar-refractivity contribution in [1.82, 2.24) is 25.3 Å². The predicted octanol–water partition coefficient (Wildman–Crippen LogP) is 1.88. The molecule has 9 nitrogen and oxygen atoms in total. The van der Waals surface area contributed by atoms with Crippen LogP contribution < -0.4 is 4.90 Å². The van der Waals surface area contributed by atoms with Crippen molar-refractivity contribution in [2.45, 2.75) is 19.4 Å². The second kappa shape index (κ2) is 7.26. The fourth-order valence-electron chi connectivity index (χ4n) is 2.68. The van der Waals surface area contributed by atoms with Gasteiger partial charge in [0, 0.05) is 31.0 Å². The molecule has 4 heterocycles. The molecule has 1 aliphatic rings. The average molecular weight is 352 g/mol. The summed E-state index contributed by atoms with van der Waals surface area (Å²) in [5.74, 6) is 0.765. The van der Waals surface area contributed by atoms with Crippen molar-refractivity contribution in [3.63, 3.8) is 0 Å². The Morgan fingerprint density at radius 1 is 1.19 bits per heavy atom. The molecule has 3 aromatic heterocycles. The topological polar surface area (TPSA) is 107 Å². The summed E-state index contributed by atoms with van der Waals surface area (Å²) in [6.07, 6.45) is 5.58. The molecular formula is C17H16N6O3. The molecule has 0 N–H and O–H groups in total. The van der Waals surface area contributed by atoms with E-state index in [9.17, 15) is 4.79 Å². The molecule has 1 aliphatic heterocycles. The van der Waals surface area contributed by atoms with Gasteiger partial charge in [0.1, 0.15) is 0 Å². The van der Waals surface area contributed by atoms with Crippen LogP contribution in [-0.4, -0.2) is 44.4 Å². The minimum atomic E-state index is -0.591. The van der Waals surface area contributed by atoms with E-state index in [2.05, 4.69) is 30.2 Å². The Kier molecular flexibility index (Phi) is 4.50. The number of rotatable bonds is 5. The quantitative estimate of drug-likeness (QED) is 0.636. The maximum absolute atomic E-state index is 12.1. The van der Waals surface area contributed by atoms with E-state index in [0.29, 0.717) is 5.82 Å². The van der Waals surface area contributed by atoms with E-state index in [-0.39, 0.29) is 18.2 Å². The molecule has 0 spiro atoms. The zero-order valence-electron chi connectivity index (χ0n) is 13.9. The SMILES string of the molecule is O=C(OCc1nc(-c2cccnc2)no1)c1ccc(N2CCCC2)nn1. The van der Waals surface area contributed by atoms with Crippen molar-refractivity contribution >= 4 is 11.8 Å². The summed E-state index contributed by atoms with van der Waals surface area (Å²) < 4.78 is 10.2. The van der Waals surface area contributed by atoms with E-state index in [1.807, 2.05) is 6.07 Å². The van der Waals surface area contributed by atoms with Gasteiger partial charge in [0.2, 0.25) is 5.82 Å². The molecule has 0 radical (unpaired) electrons. The lowest BCUT2D eigenvalue weighted by Gasteiger charge is -2.14. The Hall–Kier alpha value is -3.36. The molecule has 0 aromatic carbocycles. The number of hydrogen-bond acceptors (Lipinski definition) is 9. The Morgan fingerprint density at radius 2 is 2.08 bits per heavy atom. The number of hydrogen-bond donors (Lipinski definition) is 0. The van der Waals surface area contributed by atoms with Crippen molar-refractivity contribution < 1.29 is 14.1 Å². The van der Waals surface area contributed by atoms with Gasteiger partial charge in [-0.25, -0.2) is 4.79 Å². The average Bonchev–Trinajstić information content (AvgIpc) is 3.39. The summed E-state index contributed by atoms with van der Waals surface area (Å²) in [5.41, 5.74) is 0.858. The lowest BCUT2D eigenvalue weighted by molar-refractivity contribution is 0.0421. The van der Waals surface area contributed by atoms with Gasteiger partial charge in [-0.05, 0) is 37.1 Å². The standard InChI is InChI=1S/C17H16N6O3/c24-17(13-5-6-14(21-20-13)23-8-1-2-9-23)25-11-15-19-16(22-26-15)12-4-3-7-18-10-12/h3-7,10H,1-2,8-9,11H2. The van der Waals surface area contributed by atoms with Crippen LogP contribution >= 0.6 is 0 Å². The summed E-state index contributed by atoms with van der Waals surface area (Å²) in [6, 6.07) is 6.97. The van der Waals surface area contributed by atoms with E-state index in [1.165, 1.54) is 0 Å². The summed E-state index contributed by atoms with van der Waals surface area (Å²) in [5, 5.41) is 11.9. The van der Waals surface area contributed by atoms with E-state index >= 15 is 0 Å². The van der Waals surface area contributed by atoms with E-state index < -0.39 is 5.97 Å². The molecule has 0 atom stereocenters. The third-order valence-corrected chi connectivity index (χ3v) is 4.00. The van der Waals surface area contributed by atoms with Gasteiger partial charge in [-0.2, -0.15) is 4.98 Å². The second-order valence-corrected chi connectivity index (χ2v) is 5.80. The molecule has 0 saturated carbocycles. The first-order chi connectivity index (χ1) is 12.8. The zero-order valence-corrected chi connectivity index (χ0v) is 13.9. The molecule has 9 heteroatoms. The number of carbonyl (C=O) groups excluding carboxylic acids is 1. The monoisotopic (exact) mass is 352 g/mol. The lowest BCUT2D eigenvalue weighted by atomic mass is 10.3. The first-order valence-electron chi connectivity index (χ1n) is 8.28. The number of nitrogens with zero attached hydrogens (tertiary/aromatic N) is 6. The molecule has 3 aromatic rings. The highest BCUT2D eigenvalue weighted by Crippen LogP contribution is 2.17. The van der Waals surface area contributed by atoms with Crippen LogP contribution in [0.15, 0.2) is 41.2 Å². The number of pyridine rings is 1. The van der Waals surface area contributed by atoms with Gasteiger partial charge in [0.05, 0.1) is 0 Å². The minimum absolute atomic E-state index is 0.137. The van der Waals surface area contributed by atoms with Gasteiger partial charge in [0.25, 0.3) is 5.89 Å². The predicted molar refractivity (Wildman–Crippen MR) is 90.1 cm³/mol. The fraction of sp³-hybridized carbons (Fsp3) is 0.294. The highest BCUT2D eigenvalue weighted by Gasteiger charge is 2.17. The third-order valence-electron chi connectivity index (χ3n) is 4.00. The summed E-state index contributed by atoms with van der Waals surface area (Å²) in [4.78, 5) is 22.4. The smallest absolute Gasteiger partial charge is 0.359 e. The number of ether oxygens (including phenoxy) is 1. The van der Waals surface area contributed by atoms with Crippen LogP contribution in [0.1, 0.15) is 29.2 Å². The fourth-order valence-corrected chi connectivity index (χ4v) is 2.68. The highest BCUT2D eigenvalue weighted by atomic mass is 16.6. The van der Waals surface area contributed by atoms with Crippen LogP contribution in [0.5, 0.6) is 0 Å². The normalized spacial score (nSPS) is 13.8. The van der Waals surface area contributed by atoms with Crippen LogP contribution in [0, 0.1) is 0 Å². The van der Waals surface area contributed by atoms with Crippen LogP contribution in [0.3, 0.4) is 0 Å². The highest BCUT2D eigenvalue weighted by molar-refractivity contribution is 5.87. The van der Waals surface area contributed by atoms with E-state index in [4.69, 9.17) is 9.26 Å². The van der Waals surface area contributed by atoms with E-state index in [1.54, 1.807) is 30.6 Å². The molecule has 0 amide bonds. The maximum Gasteiger partial charge on any atom is 0.359 e. The van der Waals surface area contributed by atoms with Gasteiger partial charge in [-0.3, -0.25) is 4.98 Å². The number of aromatic nitrogens is 5. The van der Waals surface area contributed by atoms with Crippen molar-refractivity contribution in [1.29, 1.82) is 0 Å². The summed E-state index contributed by atoms with van der Waals surface area (Å²) in [7, 11) is 0. The molecule has 1 saturated heterocycles. The molecule has 0 aliphatic carbocycles.